The molecule has 2 aliphatic rings. The first-order valence-corrected chi connectivity index (χ1v) is 8.84. The monoisotopic (exact) mass is 392 g/mol. The Morgan fingerprint density at radius 3 is 2.14 bits per heavy atom. The molecule has 1 aromatic carbocycles. The van der Waals surface area contributed by atoms with Crippen LogP contribution in [0.25, 0.3) is 0 Å². The second-order valence-electron chi connectivity index (χ2n) is 6.97. The molecule has 3 heteroatoms. The van der Waals surface area contributed by atoms with Crippen molar-refractivity contribution >= 4 is 11.6 Å². The summed E-state index contributed by atoms with van der Waals surface area (Å²) in [6.45, 7) is 2.29. The van der Waals surface area contributed by atoms with Gasteiger partial charge in [-0.3, -0.25) is 0 Å². The van der Waals surface area contributed by atoms with Gasteiger partial charge < -0.3 is 6.42 Å². The summed E-state index contributed by atoms with van der Waals surface area (Å²) in [6, 6.07) is 4.13. The molecule has 116 valence electrons. The maximum atomic E-state index is 14.8. The van der Waals surface area contributed by atoms with E-state index >= 15 is 0 Å². The number of hydrogen-bond acceptors (Lipinski definition) is 0. The van der Waals surface area contributed by atoms with Crippen LogP contribution in [0, 0.1) is 18.2 Å². The minimum atomic E-state index is -0.136. The first-order valence-electron chi connectivity index (χ1n) is 8.46. The molecular formula is C19H25ClFRb. The predicted molar refractivity (Wildman–Crippen MR) is 87.3 cm³/mol. The van der Waals surface area contributed by atoms with E-state index in [1.54, 1.807) is 0 Å². The zero-order chi connectivity index (χ0) is 14.8. The number of halogens is 2. The molecule has 0 atom stereocenters. The van der Waals surface area contributed by atoms with Gasteiger partial charge in [0, 0.05) is 0 Å². The van der Waals surface area contributed by atoms with Crippen molar-refractivity contribution in [2.45, 2.75) is 70.1 Å². The van der Waals surface area contributed by atoms with E-state index in [0.29, 0.717) is 16.9 Å². The molecule has 0 bridgehead atoms. The number of benzene rings is 1. The van der Waals surface area contributed by atoms with Crippen molar-refractivity contribution < 1.29 is 62.6 Å². The van der Waals surface area contributed by atoms with Crippen LogP contribution < -0.4 is 58.2 Å². The van der Waals surface area contributed by atoms with E-state index < -0.39 is 0 Å². The Hall–Kier alpha value is 1.25. The van der Waals surface area contributed by atoms with Gasteiger partial charge in [-0.25, -0.2) is 4.39 Å². The van der Waals surface area contributed by atoms with Crippen molar-refractivity contribution in [2.75, 3.05) is 0 Å². The molecule has 0 radical (unpaired) electrons. The average Bonchev–Trinajstić information content (AvgIpc) is 2.52. The van der Waals surface area contributed by atoms with Crippen LogP contribution in [0.2, 0.25) is 5.02 Å². The molecule has 0 saturated heterocycles. The van der Waals surface area contributed by atoms with Gasteiger partial charge in [0.2, 0.25) is 0 Å². The molecule has 2 saturated carbocycles. The van der Waals surface area contributed by atoms with E-state index in [1.807, 2.05) is 6.07 Å². The van der Waals surface area contributed by atoms with Gasteiger partial charge in [0.05, 0.1) is 5.02 Å². The predicted octanol–water partition coefficient (Wildman–Crippen LogP) is 3.64. The zero-order valence-electron chi connectivity index (χ0n) is 13.9. The summed E-state index contributed by atoms with van der Waals surface area (Å²) in [6.07, 6.45) is 11.4. The van der Waals surface area contributed by atoms with Gasteiger partial charge in [-0.15, -0.1) is 0 Å². The zero-order valence-corrected chi connectivity index (χ0v) is 19.5. The van der Waals surface area contributed by atoms with Gasteiger partial charge >= 0.3 is 58.2 Å². The fourth-order valence-corrected chi connectivity index (χ4v) is 4.35. The van der Waals surface area contributed by atoms with Crippen LogP contribution in [0.5, 0.6) is 0 Å². The summed E-state index contributed by atoms with van der Waals surface area (Å²) < 4.78 is 14.8. The van der Waals surface area contributed by atoms with Gasteiger partial charge in [-0.1, -0.05) is 56.3 Å². The van der Waals surface area contributed by atoms with Crippen molar-refractivity contribution in [3.8, 4) is 0 Å². The minimum Gasteiger partial charge on any atom is -0.328 e. The van der Waals surface area contributed by atoms with Gasteiger partial charge in [-0.2, -0.15) is 12.8 Å². The van der Waals surface area contributed by atoms with Crippen LogP contribution in [0.1, 0.15) is 81.3 Å². The quantitative estimate of drug-likeness (QED) is 0.674. The molecule has 3 rings (SSSR count). The summed E-state index contributed by atoms with van der Waals surface area (Å²) in [5.41, 5.74) is 1.90. The Morgan fingerprint density at radius 1 is 0.955 bits per heavy atom. The van der Waals surface area contributed by atoms with Crippen molar-refractivity contribution in [1.82, 2.24) is 0 Å². The smallest absolute Gasteiger partial charge is 0.328 e. The molecule has 0 amide bonds. The van der Waals surface area contributed by atoms with Crippen LogP contribution in [0.3, 0.4) is 0 Å². The molecule has 22 heavy (non-hydrogen) atoms. The normalized spacial score (nSPS) is 26.5. The third-order valence-electron chi connectivity index (χ3n) is 5.48. The third-order valence-corrected chi connectivity index (χ3v) is 5.86. The van der Waals surface area contributed by atoms with E-state index in [2.05, 4.69) is 19.4 Å². The van der Waals surface area contributed by atoms with E-state index in [4.69, 9.17) is 11.6 Å². The van der Waals surface area contributed by atoms with Crippen LogP contribution in [-0.4, -0.2) is 0 Å². The molecule has 1 aromatic rings. The molecule has 2 fully saturated rings. The first kappa shape index (κ1) is 19.6. The Kier molecular flexibility index (Phi) is 8.08. The van der Waals surface area contributed by atoms with Gasteiger partial charge in [0.25, 0.3) is 0 Å². The molecule has 0 aliphatic heterocycles. The molecule has 2 aliphatic carbocycles. The second-order valence-corrected chi connectivity index (χ2v) is 7.35. The molecule has 0 aromatic heterocycles. The summed E-state index contributed by atoms with van der Waals surface area (Å²) in [5.74, 6) is 1.46. The van der Waals surface area contributed by atoms with Crippen molar-refractivity contribution in [3.05, 3.63) is 40.5 Å². The SMILES string of the molecule is CC1CCC(c2ccc(C3CC[CH-]CC3)c(Cl)c2F)CC1.[Rb+]. The summed E-state index contributed by atoms with van der Waals surface area (Å²) in [4.78, 5) is 0. The second kappa shape index (κ2) is 9.08. The maximum Gasteiger partial charge on any atom is 1.00 e. The third kappa shape index (κ3) is 4.45. The Labute approximate surface area is 188 Å². The van der Waals surface area contributed by atoms with Crippen molar-refractivity contribution in [2.24, 2.45) is 5.92 Å². The molecule has 0 heterocycles. The van der Waals surface area contributed by atoms with Crippen LogP contribution in [0.4, 0.5) is 4.39 Å². The number of hydrogen-bond donors (Lipinski definition) is 0. The van der Waals surface area contributed by atoms with Gasteiger partial charge in [0.15, 0.2) is 0 Å². The fourth-order valence-electron chi connectivity index (χ4n) is 4.02. The molecule has 0 spiro atoms. The maximum absolute atomic E-state index is 14.8. The van der Waals surface area contributed by atoms with Crippen LogP contribution in [0.15, 0.2) is 12.1 Å². The van der Waals surface area contributed by atoms with Crippen LogP contribution in [-0.2, 0) is 0 Å². The van der Waals surface area contributed by atoms with E-state index in [0.717, 1.165) is 55.6 Å². The average molecular weight is 393 g/mol. The van der Waals surface area contributed by atoms with E-state index in [1.165, 1.54) is 12.8 Å². The topological polar surface area (TPSA) is 0 Å². The van der Waals surface area contributed by atoms with Crippen LogP contribution >= 0.6 is 11.6 Å². The standard InChI is InChI=1S/C19H25ClF.Rb/c1-13-7-9-15(10-8-13)17-12-11-16(18(20)19(17)21)14-5-3-2-4-6-14;/h2,11-15H,3-10H2,1H3;/q-1;+1. The summed E-state index contributed by atoms with van der Waals surface area (Å²) in [7, 11) is 0. The molecule has 0 unspecified atom stereocenters. The molecule has 0 N–H and O–H groups in total. The van der Waals surface area contributed by atoms with Crippen molar-refractivity contribution in [1.29, 1.82) is 0 Å². The Balaban J connectivity index is 0.00000176. The molecule has 0 nitrogen and oxygen atoms in total. The number of rotatable bonds is 2. The Morgan fingerprint density at radius 2 is 1.50 bits per heavy atom. The summed E-state index contributed by atoms with van der Waals surface area (Å²) in [5, 5.41) is 0.401. The molecular weight excluding hydrogens is 368 g/mol. The first-order chi connectivity index (χ1) is 10.2. The van der Waals surface area contributed by atoms with E-state index in [-0.39, 0.29) is 64.0 Å². The van der Waals surface area contributed by atoms with Gasteiger partial charge in [-0.05, 0) is 41.7 Å². The summed E-state index contributed by atoms with van der Waals surface area (Å²) >= 11 is 6.39. The minimum absolute atomic E-state index is 0. The Bertz CT molecular complexity index is 488. The van der Waals surface area contributed by atoms with Gasteiger partial charge in [0.1, 0.15) is 5.82 Å². The van der Waals surface area contributed by atoms with E-state index in [9.17, 15) is 4.39 Å². The van der Waals surface area contributed by atoms with Crippen molar-refractivity contribution in [3.63, 3.8) is 0 Å². The fraction of sp³-hybridized carbons (Fsp3) is 0.632. The largest absolute Gasteiger partial charge is 1.00 e.